The highest BCUT2D eigenvalue weighted by molar-refractivity contribution is 5.32. The summed E-state index contributed by atoms with van der Waals surface area (Å²) in [5, 5.41) is 8.71. The number of rotatable bonds is 3. The molecule has 0 aliphatic heterocycles. The third-order valence-corrected chi connectivity index (χ3v) is 2.77. The number of nitriles is 1. The van der Waals surface area contributed by atoms with E-state index in [2.05, 4.69) is 11.1 Å². The topological polar surface area (TPSA) is 67.6 Å². The van der Waals surface area contributed by atoms with Gasteiger partial charge in [0.15, 0.2) is 0 Å². The molecule has 0 aliphatic rings. The Morgan fingerprint density at radius 2 is 2.12 bits per heavy atom. The molecule has 86 valence electrons. The molecule has 0 spiro atoms. The standard InChI is InChI=1S/C13H14N4/c1-17-9-16-8-13(17)12(15)6-10-2-4-11(7-14)5-3-10/h2-5,8-9,12H,6,15H2,1H3. The first-order valence-corrected chi connectivity index (χ1v) is 5.41. The lowest BCUT2D eigenvalue weighted by atomic mass is 10.0. The summed E-state index contributed by atoms with van der Waals surface area (Å²) in [6.07, 6.45) is 4.27. The first-order chi connectivity index (χ1) is 8.20. The molecule has 0 radical (unpaired) electrons. The predicted octanol–water partition coefficient (Wildman–Crippen LogP) is 1.53. The van der Waals surface area contributed by atoms with Crippen molar-refractivity contribution >= 4 is 0 Å². The van der Waals surface area contributed by atoms with Gasteiger partial charge >= 0.3 is 0 Å². The van der Waals surface area contributed by atoms with E-state index in [1.54, 1.807) is 12.5 Å². The number of nitrogens with two attached hydrogens (primary N) is 1. The molecule has 4 heteroatoms. The number of hydrogen-bond donors (Lipinski definition) is 1. The molecule has 0 fully saturated rings. The molecule has 17 heavy (non-hydrogen) atoms. The molecule has 1 heterocycles. The number of hydrogen-bond acceptors (Lipinski definition) is 3. The van der Waals surface area contributed by atoms with Gasteiger partial charge in [0.25, 0.3) is 0 Å². The second kappa shape index (κ2) is 4.81. The molecule has 4 nitrogen and oxygen atoms in total. The summed E-state index contributed by atoms with van der Waals surface area (Å²) in [5.74, 6) is 0. The molecular formula is C13H14N4. The zero-order chi connectivity index (χ0) is 12.3. The van der Waals surface area contributed by atoms with E-state index in [4.69, 9.17) is 11.0 Å². The van der Waals surface area contributed by atoms with Gasteiger partial charge in [-0.2, -0.15) is 5.26 Å². The molecule has 2 rings (SSSR count). The van der Waals surface area contributed by atoms with E-state index in [0.29, 0.717) is 5.56 Å². The molecule has 0 saturated heterocycles. The second-order valence-corrected chi connectivity index (χ2v) is 4.05. The van der Waals surface area contributed by atoms with Crippen LogP contribution >= 0.6 is 0 Å². The van der Waals surface area contributed by atoms with Crippen LogP contribution in [0.25, 0.3) is 0 Å². The van der Waals surface area contributed by atoms with Crippen molar-refractivity contribution in [3.63, 3.8) is 0 Å². The average Bonchev–Trinajstić information content (AvgIpc) is 2.76. The Morgan fingerprint density at radius 3 is 2.65 bits per heavy atom. The molecule has 1 aromatic heterocycles. The fourth-order valence-electron chi connectivity index (χ4n) is 1.80. The van der Waals surface area contributed by atoms with E-state index in [0.717, 1.165) is 17.7 Å². The van der Waals surface area contributed by atoms with E-state index in [-0.39, 0.29) is 6.04 Å². The van der Waals surface area contributed by atoms with Gasteiger partial charge in [0.1, 0.15) is 0 Å². The highest BCUT2D eigenvalue weighted by Gasteiger charge is 2.10. The summed E-state index contributed by atoms with van der Waals surface area (Å²) in [4.78, 5) is 4.05. The largest absolute Gasteiger partial charge is 0.336 e. The molecule has 0 saturated carbocycles. The van der Waals surface area contributed by atoms with Gasteiger partial charge < -0.3 is 10.3 Å². The average molecular weight is 226 g/mol. The predicted molar refractivity (Wildman–Crippen MR) is 65.0 cm³/mol. The summed E-state index contributed by atoms with van der Waals surface area (Å²) >= 11 is 0. The zero-order valence-electron chi connectivity index (χ0n) is 9.67. The number of nitrogens with zero attached hydrogens (tertiary/aromatic N) is 3. The molecular weight excluding hydrogens is 212 g/mol. The molecule has 2 N–H and O–H groups in total. The Morgan fingerprint density at radius 1 is 1.41 bits per heavy atom. The van der Waals surface area contributed by atoms with Crippen molar-refractivity contribution < 1.29 is 0 Å². The Hall–Kier alpha value is -2.12. The number of aromatic nitrogens is 2. The van der Waals surface area contributed by atoms with E-state index in [9.17, 15) is 0 Å². The van der Waals surface area contributed by atoms with E-state index < -0.39 is 0 Å². The van der Waals surface area contributed by atoms with E-state index >= 15 is 0 Å². The summed E-state index contributed by atoms with van der Waals surface area (Å²) in [6, 6.07) is 9.53. The maximum Gasteiger partial charge on any atom is 0.0991 e. The van der Waals surface area contributed by atoms with Crippen LogP contribution in [0.2, 0.25) is 0 Å². The normalized spacial score (nSPS) is 12.1. The van der Waals surface area contributed by atoms with Gasteiger partial charge in [-0.1, -0.05) is 12.1 Å². The number of aryl methyl sites for hydroxylation is 1. The summed E-state index contributed by atoms with van der Waals surface area (Å²) in [5.41, 5.74) is 8.92. The highest BCUT2D eigenvalue weighted by atomic mass is 15.0. The van der Waals surface area contributed by atoms with E-state index in [1.807, 2.05) is 35.9 Å². The van der Waals surface area contributed by atoms with Crippen molar-refractivity contribution in [2.45, 2.75) is 12.5 Å². The van der Waals surface area contributed by atoms with Crippen molar-refractivity contribution in [3.8, 4) is 6.07 Å². The van der Waals surface area contributed by atoms with Crippen molar-refractivity contribution in [2.75, 3.05) is 0 Å². The number of imidazole rings is 1. The Balaban J connectivity index is 2.11. The lowest BCUT2D eigenvalue weighted by Crippen LogP contribution is -2.16. The minimum Gasteiger partial charge on any atom is -0.336 e. The van der Waals surface area contributed by atoms with Crippen molar-refractivity contribution in [3.05, 3.63) is 53.6 Å². The van der Waals surface area contributed by atoms with Crippen LogP contribution < -0.4 is 5.73 Å². The van der Waals surface area contributed by atoms with Crippen LogP contribution in [0.4, 0.5) is 0 Å². The third-order valence-electron chi connectivity index (χ3n) is 2.77. The fourth-order valence-corrected chi connectivity index (χ4v) is 1.80. The monoisotopic (exact) mass is 226 g/mol. The fraction of sp³-hybridized carbons (Fsp3) is 0.231. The smallest absolute Gasteiger partial charge is 0.0991 e. The summed E-state index contributed by atoms with van der Waals surface area (Å²) in [7, 11) is 1.93. The van der Waals surface area contributed by atoms with Gasteiger partial charge in [0.05, 0.1) is 29.7 Å². The Labute approximate surface area is 100 Å². The minimum atomic E-state index is -0.0737. The molecule has 1 atom stereocenters. The molecule has 2 aromatic rings. The first kappa shape index (κ1) is 11.4. The van der Waals surface area contributed by atoms with Crippen LogP contribution in [0.5, 0.6) is 0 Å². The number of benzene rings is 1. The van der Waals surface area contributed by atoms with Gasteiger partial charge in [-0.05, 0) is 24.1 Å². The molecule has 0 aliphatic carbocycles. The zero-order valence-corrected chi connectivity index (χ0v) is 9.67. The second-order valence-electron chi connectivity index (χ2n) is 4.05. The first-order valence-electron chi connectivity index (χ1n) is 5.41. The molecule has 1 aromatic carbocycles. The SMILES string of the molecule is Cn1cncc1C(N)Cc1ccc(C#N)cc1. The van der Waals surface area contributed by atoms with E-state index in [1.165, 1.54) is 0 Å². The van der Waals surface area contributed by atoms with Crippen LogP contribution in [0.3, 0.4) is 0 Å². The Bertz CT molecular complexity index is 533. The van der Waals surface area contributed by atoms with Crippen molar-refractivity contribution in [1.82, 2.24) is 9.55 Å². The third kappa shape index (κ3) is 2.52. The van der Waals surface area contributed by atoms with Crippen LogP contribution in [-0.2, 0) is 13.5 Å². The lowest BCUT2D eigenvalue weighted by molar-refractivity contribution is 0.656. The van der Waals surface area contributed by atoms with Gasteiger partial charge in [-0.3, -0.25) is 0 Å². The summed E-state index contributed by atoms with van der Waals surface area (Å²) < 4.78 is 1.92. The lowest BCUT2D eigenvalue weighted by Gasteiger charge is -2.12. The Kier molecular flexibility index (Phi) is 3.22. The molecule has 0 bridgehead atoms. The van der Waals surface area contributed by atoms with Crippen molar-refractivity contribution in [2.24, 2.45) is 12.8 Å². The van der Waals surface area contributed by atoms with Crippen LogP contribution in [0, 0.1) is 11.3 Å². The van der Waals surface area contributed by atoms with Gasteiger partial charge in [-0.25, -0.2) is 4.98 Å². The van der Waals surface area contributed by atoms with Crippen LogP contribution in [0.1, 0.15) is 22.9 Å². The van der Waals surface area contributed by atoms with Gasteiger partial charge in [-0.15, -0.1) is 0 Å². The maximum absolute atomic E-state index is 8.71. The quantitative estimate of drug-likeness (QED) is 0.863. The molecule has 1 unspecified atom stereocenters. The summed E-state index contributed by atoms with van der Waals surface area (Å²) in [6.45, 7) is 0. The van der Waals surface area contributed by atoms with Crippen molar-refractivity contribution in [1.29, 1.82) is 5.26 Å². The highest BCUT2D eigenvalue weighted by Crippen LogP contribution is 2.15. The maximum atomic E-state index is 8.71. The van der Waals surface area contributed by atoms with Gasteiger partial charge in [0.2, 0.25) is 0 Å². The van der Waals surface area contributed by atoms with Crippen LogP contribution in [-0.4, -0.2) is 9.55 Å². The van der Waals surface area contributed by atoms with Gasteiger partial charge in [0, 0.05) is 13.2 Å². The minimum absolute atomic E-state index is 0.0737. The molecule has 0 amide bonds. The van der Waals surface area contributed by atoms with Crippen LogP contribution in [0.15, 0.2) is 36.8 Å².